The van der Waals surface area contributed by atoms with Gasteiger partial charge in [0.25, 0.3) is 0 Å². The molecule has 0 aliphatic carbocycles. The molecule has 0 fully saturated rings. The first kappa shape index (κ1) is 9.72. The van der Waals surface area contributed by atoms with Crippen molar-refractivity contribution in [2.24, 2.45) is 4.99 Å². The lowest BCUT2D eigenvalue weighted by molar-refractivity contribution is 0.565. The third-order valence-electron chi connectivity index (χ3n) is 1.50. The predicted octanol–water partition coefficient (Wildman–Crippen LogP) is 2.65. The molecule has 0 atom stereocenters. The van der Waals surface area contributed by atoms with Crippen LogP contribution in [0.2, 0.25) is 0 Å². The Labute approximate surface area is 81.6 Å². The van der Waals surface area contributed by atoms with Crippen LogP contribution in [-0.4, -0.2) is 6.08 Å². The molecule has 0 radical (unpaired) electrons. The van der Waals surface area contributed by atoms with Crippen molar-refractivity contribution < 1.29 is 4.79 Å². The van der Waals surface area contributed by atoms with Gasteiger partial charge in [-0.15, -0.1) is 0 Å². The Kier molecular flexibility index (Phi) is 3.97. The first-order valence-corrected chi connectivity index (χ1v) is 4.18. The second-order valence-corrected chi connectivity index (χ2v) is 2.81. The fourth-order valence-electron chi connectivity index (χ4n) is 0.905. The summed E-state index contributed by atoms with van der Waals surface area (Å²) in [5, 5.41) is 0.179. The maximum Gasteiger partial charge on any atom is 0.241 e. The number of carbonyl (C=O) groups excluding carboxylic acids is 1. The van der Waals surface area contributed by atoms with Gasteiger partial charge in [-0.25, -0.2) is 4.79 Å². The second-order valence-electron chi connectivity index (χ2n) is 2.42. The van der Waals surface area contributed by atoms with Gasteiger partial charge in [-0.3, -0.25) is 0 Å². The van der Waals surface area contributed by atoms with Crippen LogP contribution < -0.4 is 0 Å². The first-order valence-electron chi connectivity index (χ1n) is 3.80. The van der Waals surface area contributed by atoms with E-state index >= 15 is 0 Å². The highest BCUT2D eigenvalue weighted by Crippen LogP contribution is 2.06. The van der Waals surface area contributed by atoms with Crippen molar-refractivity contribution >= 4 is 17.7 Å². The van der Waals surface area contributed by atoms with Gasteiger partial charge >= 0.3 is 0 Å². The topological polar surface area (TPSA) is 29.4 Å². The van der Waals surface area contributed by atoms with Crippen molar-refractivity contribution in [3.05, 3.63) is 47.1 Å². The van der Waals surface area contributed by atoms with Crippen LogP contribution in [-0.2, 0) is 11.2 Å². The lowest BCUT2D eigenvalue weighted by Gasteiger charge is -1.93. The van der Waals surface area contributed by atoms with Crippen molar-refractivity contribution in [3.8, 4) is 0 Å². The van der Waals surface area contributed by atoms with Crippen molar-refractivity contribution in [1.29, 1.82) is 0 Å². The van der Waals surface area contributed by atoms with Gasteiger partial charge in [0.1, 0.15) is 5.16 Å². The summed E-state index contributed by atoms with van der Waals surface area (Å²) in [4.78, 5) is 13.1. The van der Waals surface area contributed by atoms with Gasteiger partial charge in [-0.05, 0) is 18.1 Å². The molecule has 13 heavy (non-hydrogen) atoms. The molecule has 1 aromatic carbocycles. The lowest BCUT2D eigenvalue weighted by atomic mass is 10.1. The summed E-state index contributed by atoms with van der Waals surface area (Å²) in [5.41, 5.74) is 1.13. The first-order chi connectivity index (χ1) is 6.33. The normalized spacial score (nSPS) is 10.7. The van der Waals surface area contributed by atoms with Crippen molar-refractivity contribution in [2.45, 2.75) is 6.42 Å². The van der Waals surface area contributed by atoms with Gasteiger partial charge in [0.2, 0.25) is 6.08 Å². The molecule has 0 aromatic heterocycles. The average molecular weight is 194 g/mol. The number of nitrogens with zero attached hydrogens (tertiary/aromatic N) is 1. The molecule has 66 valence electrons. The molecule has 0 spiro atoms. The highest BCUT2D eigenvalue weighted by Gasteiger charge is 1.89. The Morgan fingerprint density at radius 2 is 2.15 bits per heavy atom. The minimum atomic E-state index is 0.179. The van der Waals surface area contributed by atoms with Gasteiger partial charge < -0.3 is 0 Å². The summed E-state index contributed by atoms with van der Waals surface area (Å²) in [6, 6.07) is 9.79. The highest BCUT2D eigenvalue weighted by molar-refractivity contribution is 6.29. The monoisotopic (exact) mass is 193 g/mol. The molecule has 0 saturated carbocycles. The summed E-state index contributed by atoms with van der Waals surface area (Å²) in [5.74, 6) is 0. The van der Waals surface area contributed by atoms with Gasteiger partial charge in [0, 0.05) is 0 Å². The van der Waals surface area contributed by atoms with E-state index in [0.29, 0.717) is 6.42 Å². The molecule has 1 rings (SSSR count). The Hall–Kier alpha value is -1.37. The Balaban J connectivity index is 2.61. The van der Waals surface area contributed by atoms with Gasteiger partial charge in [0.15, 0.2) is 0 Å². The third kappa shape index (κ3) is 3.70. The molecule has 0 aliphatic rings. The van der Waals surface area contributed by atoms with Gasteiger partial charge in [-0.1, -0.05) is 41.9 Å². The van der Waals surface area contributed by atoms with Crippen molar-refractivity contribution in [1.82, 2.24) is 0 Å². The van der Waals surface area contributed by atoms with Crippen LogP contribution in [0.25, 0.3) is 0 Å². The highest BCUT2D eigenvalue weighted by atomic mass is 35.5. The zero-order valence-corrected chi connectivity index (χ0v) is 7.66. The number of aliphatic imine (C=N–C) groups is 1. The van der Waals surface area contributed by atoms with E-state index in [2.05, 4.69) is 4.99 Å². The van der Waals surface area contributed by atoms with Crippen molar-refractivity contribution in [2.75, 3.05) is 0 Å². The van der Waals surface area contributed by atoms with Crippen LogP contribution in [0.5, 0.6) is 0 Å². The van der Waals surface area contributed by atoms with E-state index < -0.39 is 0 Å². The summed E-state index contributed by atoms with van der Waals surface area (Å²) in [6.07, 6.45) is 3.72. The quantitative estimate of drug-likeness (QED) is 0.412. The fourth-order valence-corrected chi connectivity index (χ4v) is 1.02. The SMILES string of the molecule is O=C=N/C(Cl)=C/Cc1ccccc1. The van der Waals surface area contributed by atoms with Crippen LogP contribution in [0.1, 0.15) is 5.56 Å². The summed E-state index contributed by atoms with van der Waals surface area (Å²) < 4.78 is 0. The molecule has 0 unspecified atom stereocenters. The number of rotatable bonds is 3. The molecule has 0 N–H and O–H groups in total. The van der Waals surface area contributed by atoms with E-state index in [9.17, 15) is 4.79 Å². The van der Waals surface area contributed by atoms with Crippen molar-refractivity contribution in [3.63, 3.8) is 0 Å². The zero-order valence-electron chi connectivity index (χ0n) is 6.90. The molecule has 3 heteroatoms. The number of hydrogen-bond acceptors (Lipinski definition) is 2. The molecule has 0 heterocycles. The molecule has 0 bridgehead atoms. The van der Waals surface area contributed by atoms with Crippen LogP contribution >= 0.6 is 11.6 Å². The third-order valence-corrected chi connectivity index (χ3v) is 1.74. The van der Waals surface area contributed by atoms with E-state index in [1.807, 2.05) is 30.3 Å². The molecule has 1 aromatic rings. The van der Waals surface area contributed by atoms with Crippen LogP contribution in [0.15, 0.2) is 46.6 Å². The zero-order chi connectivity index (χ0) is 9.52. The molecule has 2 nitrogen and oxygen atoms in total. The van der Waals surface area contributed by atoms with E-state index in [1.165, 1.54) is 6.08 Å². The molecule has 0 aliphatic heterocycles. The van der Waals surface area contributed by atoms with Gasteiger partial charge in [0.05, 0.1) is 0 Å². The Morgan fingerprint density at radius 1 is 1.46 bits per heavy atom. The maximum atomic E-state index is 9.81. The number of allylic oxidation sites excluding steroid dienone is 1. The summed E-state index contributed by atoms with van der Waals surface area (Å²) in [7, 11) is 0. The molecule has 0 saturated heterocycles. The molecular formula is C10H8ClNO. The molecule has 0 amide bonds. The number of hydrogen-bond donors (Lipinski definition) is 0. The largest absolute Gasteiger partial charge is 0.241 e. The summed E-state index contributed by atoms with van der Waals surface area (Å²) >= 11 is 5.56. The van der Waals surface area contributed by atoms with Crippen LogP contribution in [0.4, 0.5) is 0 Å². The molecular weight excluding hydrogens is 186 g/mol. The fraction of sp³-hybridized carbons (Fsp3) is 0.100. The Morgan fingerprint density at radius 3 is 2.77 bits per heavy atom. The average Bonchev–Trinajstić information content (AvgIpc) is 2.17. The predicted molar refractivity (Wildman–Crippen MR) is 52.2 cm³/mol. The van der Waals surface area contributed by atoms with E-state index in [1.54, 1.807) is 6.08 Å². The smallest absolute Gasteiger partial charge is 0.211 e. The van der Waals surface area contributed by atoms with E-state index in [0.717, 1.165) is 5.56 Å². The standard InChI is InChI=1S/C10H8ClNO/c11-10(12-8-13)7-6-9-4-2-1-3-5-9/h1-5,7H,6H2/b10-7+. The van der Waals surface area contributed by atoms with Crippen LogP contribution in [0.3, 0.4) is 0 Å². The number of benzene rings is 1. The van der Waals surface area contributed by atoms with Crippen LogP contribution in [0, 0.1) is 0 Å². The van der Waals surface area contributed by atoms with Gasteiger partial charge in [-0.2, -0.15) is 4.99 Å². The number of isocyanates is 1. The summed E-state index contributed by atoms with van der Waals surface area (Å²) in [6.45, 7) is 0. The lowest BCUT2D eigenvalue weighted by Crippen LogP contribution is -1.79. The minimum absolute atomic E-state index is 0.179. The Bertz CT molecular complexity index is 339. The van der Waals surface area contributed by atoms with E-state index in [-0.39, 0.29) is 5.16 Å². The minimum Gasteiger partial charge on any atom is -0.211 e. The maximum absolute atomic E-state index is 9.81. The number of halogens is 1. The van der Waals surface area contributed by atoms with E-state index in [4.69, 9.17) is 11.6 Å². The second kappa shape index (κ2) is 5.31.